The Morgan fingerprint density at radius 3 is 2.65 bits per heavy atom. The highest BCUT2D eigenvalue weighted by Crippen LogP contribution is 2.23. The molecule has 0 radical (unpaired) electrons. The van der Waals surface area contributed by atoms with Crippen molar-refractivity contribution in [2.24, 2.45) is 0 Å². The number of aromatic nitrogens is 2. The van der Waals surface area contributed by atoms with Gasteiger partial charge in [-0.05, 0) is 43.3 Å². The molecule has 6 heteroatoms. The van der Waals surface area contributed by atoms with Gasteiger partial charge in [-0.15, -0.1) is 0 Å². The summed E-state index contributed by atoms with van der Waals surface area (Å²) < 4.78 is 12.5. The average molecular weight is 347 g/mol. The van der Waals surface area contributed by atoms with Crippen LogP contribution in [0.2, 0.25) is 0 Å². The Bertz CT molecular complexity index is 1010. The van der Waals surface area contributed by atoms with Gasteiger partial charge in [0, 0.05) is 6.07 Å². The van der Waals surface area contributed by atoms with Gasteiger partial charge in [0.25, 0.3) is 5.91 Å². The molecule has 0 atom stereocenters. The van der Waals surface area contributed by atoms with E-state index in [0.29, 0.717) is 29.5 Å². The molecule has 3 aromatic heterocycles. The van der Waals surface area contributed by atoms with E-state index in [9.17, 15) is 4.79 Å². The number of benzene rings is 1. The first-order valence-electron chi connectivity index (χ1n) is 8.23. The second-order valence-corrected chi connectivity index (χ2v) is 5.83. The summed E-state index contributed by atoms with van der Waals surface area (Å²) in [5.74, 6) is 1.86. The summed E-state index contributed by atoms with van der Waals surface area (Å²) in [5, 5.41) is 7.43. The molecule has 0 saturated heterocycles. The first-order valence-corrected chi connectivity index (χ1v) is 8.23. The predicted octanol–water partition coefficient (Wildman–Crippen LogP) is 3.96. The Morgan fingerprint density at radius 2 is 1.96 bits per heavy atom. The standard InChI is InChI=1S/C20H17N3O3/c1-14-9-10-19(26-14)17-12-18(20(24)21-13-16-8-5-11-25-16)23(22-17)15-6-3-2-4-7-15/h2-12H,13H2,1H3,(H,21,24). The van der Waals surface area contributed by atoms with Crippen LogP contribution < -0.4 is 5.32 Å². The van der Waals surface area contributed by atoms with Crippen LogP contribution in [-0.2, 0) is 6.54 Å². The maximum atomic E-state index is 12.7. The lowest BCUT2D eigenvalue weighted by atomic mass is 10.2. The zero-order valence-electron chi connectivity index (χ0n) is 14.2. The van der Waals surface area contributed by atoms with Gasteiger partial charge in [-0.3, -0.25) is 4.79 Å². The monoisotopic (exact) mass is 347 g/mol. The lowest BCUT2D eigenvalue weighted by Gasteiger charge is -2.07. The van der Waals surface area contributed by atoms with Crippen molar-refractivity contribution < 1.29 is 13.6 Å². The molecule has 1 aromatic carbocycles. The minimum absolute atomic E-state index is 0.243. The topological polar surface area (TPSA) is 73.2 Å². The van der Waals surface area contributed by atoms with Crippen LogP contribution in [0.4, 0.5) is 0 Å². The van der Waals surface area contributed by atoms with Crippen molar-refractivity contribution in [1.29, 1.82) is 0 Å². The van der Waals surface area contributed by atoms with Gasteiger partial charge in [0.1, 0.15) is 22.9 Å². The molecule has 130 valence electrons. The van der Waals surface area contributed by atoms with Gasteiger partial charge in [-0.25, -0.2) is 4.68 Å². The van der Waals surface area contributed by atoms with Crippen LogP contribution in [-0.4, -0.2) is 15.7 Å². The van der Waals surface area contributed by atoms with Gasteiger partial charge in [-0.2, -0.15) is 5.10 Å². The maximum absolute atomic E-state index is 12.7. The predicted molar refractivity (Wildman–Crippen MR) is 95.9 cm³/mol. The van der Waals surface area contributed by atoms with Crippen LogP contribution in [0.5, 0.6) is 0 Å². The quantitative estimate of drug-likeness (QED) is 0.593. The number of hydrogen-bond donors (Lipinski definition) is 1. The summed E-state index contributed by atoms with van der Waals surface area (Å²) in [6.07, 6.45) is 1.58. The summed E-state index contributed by atoms with van der Waals surface area (Å²) >= 11 is 0. The van der Waals surface area contributed by atoms with Gasteiger partial charge in [0.05, 0.1) is 18.5 Å². The van der Waals surface area contributed by atoms with Crippen LogP contribution in [0, 0.1) is 6.92 Å². The van der Waals surface area contributed by atoms with Crippen LogP contribution in [0.1, 0.15) is 22.0 Å². The van der Waals surface area contributed by atoms with E-state index in [0.717, 1.165) is 11.4 Å². The van der Waals surface area contributed by atoms with E-state index in [1.54, 1.807) is 23.1 Å². The molecule has 0 aliphatic heterocycles. The highest BCUT2D eigenvalue weighted by molar-refractivity contribution is 5.94. The number of nitrogens with zero attached hydrogens (tertiary/aromatic N) is 2. The third-order valence-corrected chi connectivity index (χ3v) is 3.94. The van der Waals surface area contributed by atoms with Crippen molar-refractivity contribution in [1.82, 2.24) is 15.1 Å². The Balaban J connectivity index is 1.69. The van der Waals surface area contributed by atoms with Crippen molar-refractivity contribution in [3.8, 4) is 17.1 Å². The number of carbonyl (C=O) groups is 1. The number of furan rings is 2. The van der Waals surface area contributed by atoms with Gasteiger partial charge in [0.15, 0.2) is 5.76 Å². The van der Waals surface area contributed by atoms with Crippen molar-refractivity contribution in [3.63, 3.8) is 0 Å². The molecule has 0 aliphatic carbocycles. The van der Waals surface area contributed by atoms with Gasteiger partial charge in [0.2, 0.25) is 0 Å². The molecule has 0 fully saturated rings. The van der Waals surface area contributed by atoms with Gasteiger partial charge in [-0.1, -0.05) is 18.2 Å². The summed E-state index contributed by atoms with van der Waals surface area (Å²) in [5.41, 5.74) is 1.82. The largest absolute Gasteiger partial charge is 0.467 e. The van der Waals surface area contributed by atoms with Crippen LogP contribution in [0.15, 0.2) is 75.8 Å². The third kappa shape index (κ3) is 3.17. The number of nitrogens with one attached hydrogen (secondary N) is 1. The molecule has 4 aromatic rings. The van der Waals surface area contributed by atoms with Crippen molar-refractivity contribution >= 4 is 5.91 Å². The number of aryl methyl sites for hydroxylation is 1. The van der Waals surface area contributed by atoms with E-state index in [-0.39, 0.29) is 5.91 Å². The van der Waals surface area contributed by atoms with Crippen molar-refractivity contribution in [2.75, 3.05) is 0 Å². The van der Waals surface area contributed by atoms with Crippen molar-refractivity contribution in [2.45, 2.75) is 13.5 Å². The zero-order chi connectivity index (χ0) is 17.9. The minimum atomic E-state index is -0.243. The Morgan fingerprint density at radius 1 is 1.12 bits per heavy atom. The molecule has 0 spiro atoms. The van der Waals surface area contributed by atoms with E-state index in [2.05, 4.69) is 10.4 Å². The van der Waals surface area contributed by atoms with Crippen LogP contribution in [0.25, 0.3) is 17.1 Å². The van der Waals surface area contributed by atoms with Crippen LogP contribution >= 0.6 is 0 Å². The molecule has 6 nitrogen and oxygen atoms in total. The van der Waals surface area contributed by atoms with E-state index in [1.807, 2.05) is 55.5 Å². The molecule has 4 rings (SSSR count). The normalized spacial score (nSPS) is 10.8. The molecule has 1 N–H and O–H groups in total. The van der Waals surface area contributed by atoms with E-state index >= 15 is 0 Å². The van der Waals surface area contributed by atoms with E-state index < -0.39 is 0 Å². The Kier molecular flexibility index (Phi) is 4.15. The summed E-state index contributed by atoms with van der Waals surface area (Å²) in [7, 11) is 0. The summed E-state index contributed by atoms with van der Waals surface area (Å²) in [4.78, 5) is 12.7. The smallest absolute Gasteiger partial charge is 0.270 e. The number of hydrogen-bond acceptors (Lipinski definition) is 4. The SMILES string of the molecule is Cc1ccc(-c2cc(C(=O)NCc3ccco3)n(-c3ccccc3)n2)o1. The Hall–Kier alpha value is -3.54. The van der Waals surface area contributed by atoms with Gasteiger partial charge < -0.3 is 14.2 Å². The van der Waals surface area contributed by atoms with E-state index in [4.69, 9.17) is 8.83 Å². The highest BCUT2D eigenvalue weighted by atomic mass is 16.3. The molecule has 26 heavy (non-hydrogen) atoms. The first-order chi connectivity index (χ1) is 12.7. The molecular formula is C20H17N3O3. The average Bonchev–Trinajstić information content (AvgIpc) is 3.40. The molecular weight excluding hydrogens is 330 g/mol. The van der Waals surface area contributed by atoms with Gasteiger partial charge >= 0.3 is 0 Å². The zero-order valence-corrected chi connectivity index (χ0v) is 14.2. The lowest BCUT2D eigenvalue weighted by Crippen LogP contribution is -2.25. The summed E-state index contributed by atoms with van der Waals surface area (Å²) in [6, 6.07) is 18.5. The third-order valence-electron chi connectivity index (χ3n) is 3.94. The highest BCUT2D eigenvalue weighted by Gasteiger charge is 2.19. The fourth-order valence-corrected chi connectivity index (χ4v) is 2.67. The second kappa shape index (κ2) is 6.76. The second-order valence-electron chi connectivity index (χ2n) is 5.83. The van der Waals surface area contributed by atoms with Crippen molar-refractivity contribution in [3.05, 3.63) is 84.1 Å². The summed E-state index contributed by atoms with van der Waals surface area (Å²) in [6.45, 7) is 2.18. The molecule has 0 bridgehead atoms. The molecule has 3 heterocycles. The van der Waals surface area contributed by atoms with Crippen LogP contribution in [0.3, 0.4) is 0 Å². The van der Waals surface area contributed by atoms with E-state index in [1.165, 1.54) is 0 Å². The Labute approximate surface area is 150 Å². The number of carbonyl (C=O) groups excluding carboxylic acids is 1. The first kappa shape index (κ1) is 16.0. The number of amides is 1. The number of rotatable bonds is 5. The minimum Gasteiger partial charge on any atom is -0.467 e. The number of para-hydroxylation sites is 1. The molecule has 0 aliphatic rings. The molecule has 0 unspecified atom stereocenters. The molecule has 1 amide bonds. The maximum Gasteiger partial charge on any atom is 0.270 e. The fraction of sp³-hybridized carbons (Fsp3) is 0.100. The molecule has 0 saturated carbocycles. The fourth-order valence-electron chi connectivity index (χ4n) is 2.67. The lowest BCUT2D eigenvalue weighted by molar-refractivity contribution is 0.0940.